The van der Waals surface area contributed by atoms with Crippen LogP contribution in [0.4, 0.5) is 0 Å². The van der Waals surface area contributed by atoms with Crippen molar-refractivity contribution in [3.8, 4) is 5.75 Å². The second-order valence-corrected chi connectivity index (χ2v) is 4.17. The van der Waals surface area contributed by atoms with Crippen LogP contribution in [0.15, 0.2) is 24.3 Å². The van der Waals surface area contributed by atoms with E-state index in [1.807, 2.05) is 31.2 Å². The predicted molar refractivity (Wildman–Crippen MR) is 55.1 cm³/mol. The molecule has 2 heteroatoms. The standard InChI is InChI=1S/C12H16O2/c1-9(2)12(3)13-8-10-6-4-5-7-11(10)14-12/h4-7,9H,8H2,1-3H3. The highest BCUT2D eigenvalue weighted by Gasteiger charge is 2.35. The van der Waals surface area contributed by atoms with Crippen molar-refractivity contribution in [3.05, 3.63) is 29.8 Å². The third-order valence-electron chi connectivity index (χ3n) is 2.85. The zero-order valence-electron chi connectivity index (χ0n) is 8.91. The molecule has 1 unspecified atom stereocenters. The monoisotopic (exact) mass is 192 g/mol. The number of hydrogen-bond acceptors (Lipinski definition) is 2. The smallest absolute Gasteiger partial charge is 0.210 e. The minimum Gasteiger partial charge on any atom is -0.462 e. The molecule has 0 bridgehead atoms. The molecule has 0 aromatic heterocycles. The number of hydrogen-bond donors (Lipinski definition) is 0. The van der Waals surface area contributed by atoms with Gasteiger partial charge in [0.25, 0.3) is 0 Å². The lowest BCUT2D eigenvalue weighted by atomic mass is 10.0. The number of ether oxygens (including phenoxy) is 2. The van der Waals surface area contributed by atoms with Crippen LogP contribution >= 0.6 is 0 Å². The summed E-state index contributed by atoms with van der Waals surface area (Å²) in [6.07, 6.45) is 0. The molecule has 0 spiro atoms. The molecule has 0 saturated heterocycles. The van der Waals surface area contributed by atoms with E-state index in [0.29, 0.717) is 12.5 Å². The summed E-state index contributed by atoms with van der Waals surface area (Å²) in [5.41, 5.74) is 1.13. The van der Waals surface area contributed by atoms with Gasteiger partial charge in [0.15, 0.2) is 0 Å². The fourth-order valence-electron chi connectivity index (χ4n) is 1.48. The molecule has 1 aromatic rings. The van der Waals surface area contributed by atoms with Gasteiger partial charge in [0.2, 0.25) is 5.79 Å². The zero-order valence-corrected chi connectivity index (χ0v) is 8.91. The maximum Gasteiger partial charge on any atom is 0.210 e. The van der Waals surface area contributed by atoms with E-state index in [1.54, 1.807) is 0 Å². The molecule has 1 atom stereocenters. The van der Waals surface area contributed by atoms with Gasteiger partial charge >= 0.3 is 0 Å². The molecule has 1 heterocycles. The Bertz CT molecular complexity index is 333. The molecule has 2 rings (SSSR count). The third-order valence-corrected chi connectivity index (χ3v) is 2.85. The SMILES string of the molecule is CC(C)C1(C)OCc2ccccc2O1. The first-order valence-corrected chi connectivity index (χ1v) is 5.03. The molecule has 1 aliphatic rings. The molecule has 1 aliphatic heterocycles. The van der Waals surface area contributed by atoms with Gasteiger partial charge in [-0.2, -0.15) is 0 Å². The number of rotatable bonds is 1. The van der Waals surface area contributed by atoms with Crippen molar-refractivity contribution < 1.29 is 9.47 Å². The average Bonchev–Trinajstić information content (AvgIpc) is 2.17. The lowest BCUT2D eigenvalue weighted by Crippen LogP contribution is -2.43. The quantitative estimate of drug-likeness (QED) is 0.681. The largest absolute Gasteiger partial charge is 0.462 e. The molecule has 0 fully saturated rings. The van der Waals surface area contributed by atoms with E-state index in [-0.39, 0.29) is 0 Å². The summed E-state index contributed by atoms with van der Waals surface area (Å²) >= 11 is 0. The Labute approximate surface area is 84.8 Å². The van der Waals surface area contributed by atoms with Crippen molar-refractivity contribution in [3.63, 3.8) is 0 Å². The van der Waals surface area contributed by atoms with E-state index in [0.717, 1.165) is 11.3 Å². The van der Waals surface area contributed by atoms with Gasteiger partial charge in [-0.3, -0.25) is 0 Å². The Balaban J connectivity index is 2.29. The fourth-order valence-corrected chi connectivity index (χ4v) is 1.48. The predicted octanol–water partition coefficient (Wildman–Crippen LogP) is 2.97. The maximum atomic E-state index is 5.86. The first-order chi connectivity index (χ1) is 6.62. The van der Waals surface area contributed by atoms with Crippen LogP contribution in [-0.2, 0) is 11.3 Å². The lowest BCUT2D eigenvalue weighted by Gasteiger charge is -2.38. The van der Waals surface area contributed by atoms with Crippen molar-refractivity contribution in [2.24, 2.45) is 5.92 Å². The first kappa shape index (κ1) is 9.53. The topological polar surface area (TPSA) is 18.5 Å². The molecule has 0 aliphatic carbocycles. The zero-order chi connectivity index (χ0) is 10.2. The van der Waals surface area contributed by atoms with Crippen molar-refractivity contribution in [1.29, 1.82) is 0 Å². The molecule has 0 saturated carbocycles. The van der Waals surface area contributed by atoms with Crippen LogP contribution in [0.5, 0.6) is 5.75 Å². The molecule has 0 N–H and O–H groups in total. The second kappa shape index (κ2) is 3.28. The minimum atomic E-state index is -0.478. The Hall–Kier alpha value is -1.02. The lowest BCUT2D eigenvalue weighted by molar-refractivity contribution is -0.219. The van der Waals surface area contributed by atoms with Crippen LogP contribution in [0.2, 0.25) is 0 Å². The summed E-state index contributed by atoms with van der Waals surface area (Å²) < 4.78 is 11.6. The van der Waals surface area contributed by atoms with Gasteiger partial charge in [0, 0.05) is 18.4 Å². The van der Waals surface area contributed by atoms with Gasteiger partial charge in [0.1, 0.15) is 5.75 Å². The summed E-state index contributed by atoms with van der Waals surface area (Å²) in [5, 5.41) is 0. The van der Waals surface area contributed by atoms with Gasteiger partial charge in [-0.05, 0) is 6.07 Å². The van der Waals surface area contributed by atoms with E-state index in [9.17, 15) is 0 Å². The van der Waals surface area contributed by atoms with E-state index in [2.05, 4.69) is 13.8 Å². The first-order valence-electron chi connectivity index (χ1n) is 5.03. The van der Waals surface area contributed by atoms with Crippen LogP contribution in [0, 0.1) is 5.92 Å². The van der Waals surface area contributed by atoms with Gasteiger partial charge in [-0.15, -0.1) is 0 Å². The molecule has 76 valence electrons. The Morgan fingerprint density at radius 2 is 2.00 bits per heavy atom. The normalized spacial score (nSPS) is 25.7. The van der Waals surface area contributed by atoms with Crippen LogP contribution in [-0.4, -0.2) is 5.79 Å². The molecule has 14 heavy (non-hydrogen) atoms. The molecule has 0 amide bonds. The van der Waals surface area contributed by atoms with Gasteiger partial charge < -0.3 is 9.47 Å². The van der Waals surface area contributed by atoms with Crippen molar-refractivity contribution in [1.82, 2.24) is 0 Å². The highest BCUT2D eigenvalue weighted by molar-refractivity contribution is 5.34. The van der Waals surface area contributed by atoms with E-state index in [4.69, 9.17) is 9.47 Å². The molecular weight excluding hydrogens is 176 g/mol. The highest BCUT2D eigenvalue weighted by atomic mass is 16.7. The summed E-state index contributed by atoms with van der Waals surface area (Å²) in [5.74, 6) is 0.819. The number of para-hydroxylation sites is 1. The fraction of sp³-hybridized carbons (Fsp3) is 0.500. The Kier molecular flexibility index (Phi) is 2.23. The maximum absolute atomic E-state index is 5.86. The van der Waals surface area contributed by atoms with Crippen LogP contribution in [0.3, 0.4) is 0 Å². The molecule has 0 radical (unpaired) electrons. The molecular formula is C12H16O2. The summed E-state index contributed by atoms with van der Waals surface area (Å²) in [7, 11) is 0. The van der Waals surface area contributed by atoms with Crippen LogP contribution in [0.25, 0.3) is 0 Å². The van der Waals surface area contributed by atoms with Gasteiger partial charge in [-0.25, -0.2) is 0 Å². The molecule has 2 nitrogen and oxygen atoms in total. The molecule has 1 aromatic carbocycles. The van der Waals surface area contributed by atoms with Crippen LogP contribution < -0.4 is 4.74 Å². The number of benzene rings is 1. The van der Waals surface area contributed by atoms with E-state index >= 15 is 0 Å². The summed E-state index contributed by atoms with van der Waals surface area (Å²) in [6, 6.07) is 8.03. The van der Waals surface area contributed by atoms with Crippen molar-refractivity contribution >= 4 is 0 Å². The third kappa shape index (κ3) is 1.50. The highest BCUT2D eigenvalue weighted by Crippen LogP contribution is 2.34. The van der Waals surface area contributed by atoms with Crippen molar-refractivity contribution in [2.75, 3.05) is 0 Å². The van der Waals surface area contributed by atoms with E-state index < -0.39 is 5.79 Å². The van der Waals surface area contributed by atoms with Crippen molar-refractivity contribution in [2.45, 2.75) is 33.2 Å². The summed E-state index contributed by atoms with van der Waals surface area (Å²) in [6.45, 7) is 6.85. The summed E-state index contributed by atoms with van der Waals surface area (Å²) in [4.78, 5) is 0. The van der Waals surface area contributed by atoms with Crippen LogP contribution in [0.1, 0.15) is 26.3 Å². The van der Waals surface area contributed by atoms with E-state index in [1.165, 1.54) is 0 Å². The van der Waals surface area contributed by atoms with Gasteiger partial charge in [-0.1, -0.05) is 32.0 Å². The minimum absolute atomic E-state index is 0.343. The Morgan fingerprint density at radius 3 is 2.71 bits per heavy atom. The van der Waals surface area contributed by atoms with Gasteiger partial charge in [0.05, 0.1) is 6.61 Å². The second-order valence-electron chi connectivity index (χ2n) is 4.17. The Morgan fingerprint density at radius 1 is 1.29 bits per heavy atom. The average molecular weight is 192 g/mol. The number of fused-ring (bicyclic) bond motifs is 1.